The Morgan fingerprint density at radius 2 is 0.868 bits per heavy atom. The van der Waals surface area contributed by atoms with Crippen LogP contribution in [0.25, 0.3) is 85.9 Å². The van der Waals surface area contributed by atoms with Crippen molar-refractivity contribution in [3.05, 3.63) is 188 Å². The number of nitrogens with zero attached hydrogens (tertiary/aromatic N) is 1. The Bertz CT molecular complexity index is 3040. The molecule has 0 unspecified atom stereocenters. The van der Waals surface area contributed by atoms with E-state index in [0.717, 1.165) is 33.6 Å². The number of hydrogen-bond acceptors (Lipinski definition) is 3. The number of fused-ring (bicyclic) bond motifs is 9. The predicted molar refractivity (Wildman–Crippen MR) is 227 cm³/mol. The summed E-state index contributed by atoms with van der Waals surface area (Å²) in [7, 11) is 0. The van der Waals surface area contributed by atoms with E-state index in [0.29, 0.717) is 0 Å². The van der Waals surface area contributed by atoms with Crippen molar-refractivity contribution in [2.45, 2.75) is 0 Å². The first-order chi connectivity index (χ1) is 26.3. The highest BCUT2D eigenvalue weighted by Gasteiger charge is 2.21. The van der Waals surface area contributed by atoms with Crippen molar-refractivity contribution in [3.63, 3.8) is 0 Å². The van der Waals surface area contributed by atoms with Gasteiger partial charge in [-0.15, -0.1) is 11.3 Å². The number of hydrogen-bond donors (Lipinski definition) is 0. The molecule has 2 heterocycles. The molecule has 0 aliphatic rings. The van der Waals surface area contributed by atoms with Crippen LogP contribution in [0.5, 0.6) is 0 Å². The van der Waals surface area contributed by atoms with Gasteiger partial charge < -0.3 is 9.32 Å². The third kappa shape index (κ3) is 4.78. The van der Waals surface area contributed by atoms with E-state index in [9.17, 15) is 0 Å². The van der Waals surface area contributed by atoms with Crippen LogP contribution in [-0.2, 0) is 0 Å². The topological polar surface area (TPSA) is 16.4 Å². The second-order valence-electron chi connectivity index (χ2n) is 13.7. The standard InChI is InChI=1S/C50H31NOS/c1-3-14-38-32(10-1)12-7-17-40(38)34-22-26-36(27-23-34)51(37-28-24-35(25-29-37)41-18-8-13-33-11-2-4-15-39(33)41)45-20-9-19-42-43-30-31-47-48(50(43)53-49(42)45)44-16-5-6-21-46(44)52-47/h1-31H. The van der Waals surface area contributed by atoms with Gasteiger partial charge in [-0.2, -0.15) is 0 Å². The van der Waals surface area contributed by atoms with Gasteiger partial charge >= 0.3 is 0 Å². The molecule has 0 saturated carbocycles. The van der Waals surface area contributed by atoms with Crippen molar-refractivity contribution < 1.29 is 4.42 Å². The maximum atomic E-state index is 6.32. The summed E-state index contributed by atoms with van der Waals surface area (Å²) in [5.41, 5.74) is 10.1. The molecule has 11 aromatic rings. The van der Waals surface area contributed by atoms with Crippen LogP contribution in [0, 0.1) is 0 Å². The van der Waals surface area contributed by atoms with Gasteiger partial charge in [0.05, 0.1) is 10.4 Å². The molecule has 0 radical (unpaired) electrons. The monoisotopic (exact) mass is 693 g/mol. The molecule has 11 rings (SSSR count). The van der Waals surface area contributed by atoms with Crippen LogP contribution < -0.4 is 4.90 Å². The van der Waals surface area contributed by atoms with E-state index in [1.165, 1.54) is 69.4 Å². The Morgan fingerprint density at radius 3 is 1.51 bits per heavy atom. The highest BCUT2D eigenvalue weighted by atomic mass is 32.1. The Labute approximate surface area is 310 Å². The average molecular weight is 694 g/mol. The summed E-state index contributed by atoms with van der Waals surface area (Å²) in [6.07, 6.45) is 0. The lowest BCUT2D eigenvalue weighted by molar-refractivity contribution is 0.669. The first-order valence-electron chi connectivity index (χ1n) is 18.0. The van der Waals surface area contributed by atoms with Gasteiger partial charge in [-0.1, -0.05) is 140 Å². The maximum Gasteiger partial charge on any atom is 0.136 e. The molecular weight excluding hydrogens is 663 g/mol. The summed E-state index contributed by atoms with van der Waals surface area (Å²) < 4.78 is 8.82. The van der Waals surface area contributed by atoms with Crippen molar-refractivity contribution in [1.29, 1.82) is 0 Å². The second-order valence-corrected chi connectivity index (χ2v) is 14.7. The molecule has 0 bridgehead atoms. The van der Waals surface area contributed by atoms with Gasteiger partial charge in [-0.05, 0) is 92.3 Å². The molecular formula is C50H31NOS. The molecule has 0 aliphatic carbocycles. The molecule has 53 heavy (non-hydrogen) atoms. The zero-order valence-electron chi connectivity index (χ0n) is 28.7. The summed E-state index contributed by atoms with van der Waals surface area (Å²) >= 11 is 1.86. The van der Waals surface area contributed by atoms with Crippen LogP contribution in [0.3, 0.4) is 0 Å². The van der Waals surface area contributed by atoms with Crippen molar-refractivity contribution in [2.75, 3.05) is 4.90 Å². The summed E-state index contributed by atoms with van der Waals surface area (Å²) in [4.78, 5) is 2.42. The van der Waals surface area contributed by atoms with E-state index in [1.807, 2.05) is 17.4 Å². The van der Waals surface area contributed by atoms with Gasteiger partial charge in [0.15, 0.2) is 0 Å². The van der Waals surface area contributed by atoms with Crippen molar-refractivity contribution in [3.8, 4) is 22.3 Å². The van der Waals surface area contributed by atoms with Crippen LogP contribution in [0.4, 0.5) is 17.1 Å². The number of anilines is 3. The summed E-state index contributed by atoms with van der Waals surface area (Å²) in [6.45, 7) is 0. The molecule has 248 valence electrons. The van der Waals surface area contributed by atoms with E-state index in [-0.39, 0.29) is 0 Å². The highest BCUT2D eigenvalue weighted by molar-refractivity contribution is 7.27. The van der Waals surface area contributed by atoms with Crippen molar-refractivity contribution >= 4 is 92.1 Å². The minimum Gasteiger partial charge on any atom is -0.456 e. The van der Waals surface area contributed by atoms with Gasteiger partial charge in [0.25, 0.3) is 0 Å². The first-order valence-corrected chi connectivity index (χ1v) is 18.8. The lowest BCUT2D eigenvalue weighted by atomic mass is 9.97. The summed E-state index contributed by atoms with van der Waals surface area (Å²) in [5.74, 6) is 0. The number of thiophene rings is 1. The third-order valence-corrected chi connectivity index (χ3v) is 11.9. The van der Waals surface area contributed by atoms with Crippen LogP contribution in [0.1, 0.15) is 0 Å². The van der Waals surface area contributed by atoms with E-state index >= 15 is 0 Å². The fourth-order valence-corrected chi connectivity index (χ4v) is 9.54. The first kappa shape index (κ1) is 30.0. The Kier molecular flexibility index (Phi) is 6.76. The van der Waals surface area contributed by atoms with E-state index in [1.54, 1.807) is 0 Å². The smallest absolute Gasteiger partial charge is 0.136 e. The minimum atomic E-state index is 0.923. The van der Waals surface area contributed by atoms with Gasteiger partial charge in [0.2, 0.25) is 0 Å². The van der Waals surface area contributed by atoms with Gasteiger partial charge in [0.1, 0.15) is 11.2 Å². The van der Waals surface area contributed by atoms with E-state index in [2.05, 4.69) is 187 Å². The second kappa shape index (κ2) is 11.9. The SMILES string of the molecule is c1ccc2c(-c3ccc(N(c4ccc(-c5cccc6ccccc56)cc4)c4cccc5c4sc4c5ccc5oc6ccccc6c54)cc3)cccc2c1. The summed E-state index contributed by atoms with van der Waals surface area (Å²) in [5, 5.41) is 9.87. The summed E-state index contributed by atoms with van der Waals surface area (Å²) in [6, 6.07) is 67.9. The van der Waals surface area contributed by atoms with Crippen LogP contribution in [0.2, 0.25) is 0 Å². The van der Waals surface area contributed by atoms with Gasteiger partial charge in [-0.3, -0.25) is 0 Å². The molecule has 0 amide bonds. The fourth-order valence-electron chi connectivity index (χ4n) is 8.19. The Morgan fingerprint density at radius 1 is 0.358 bits per heavy atom. The zero-order chi connectivity index (χ0) is 34.9. The molecule has 0 saturated heterocycles. The average Bonchev–Trinajstić information content (AvgIpc) is 3.80. The lowest BCUT2D eigenvalue weighted by Crippen LogP contribution is -2.10. The minimum absolute atomic E-state index is 0.923. The van der Waals surface area contributed by atoms with Crippen LogP contribution >= 0.6 is 11.3 Å². The lowest BCUT2D eigenvalue weighted by Gasteiger charge is -2.26. The number of furan rings is 1. The predicted octanol–water partition coefficient (Wildman–Crippen LogP) is 15.1. The van der Waals surface area contributed by atoms with Gasteiger partial charge in [0, 0.05) is 37.6 Å². The van der Waals surface area contributed by atoms with E-state index < -0.39 is 0 Å². The number of benzene rings is 9. The number of rotatable bonds is 5. The molecule has 0 atom stereocenters. The van der Waals surface area contributed by atoms with Gasteiger partial charge in [-0.25, -0.2) is 0 Å². The molecule has 3 heteroatoms. The molecule has 2 aromatic heterocycles. The Balaban J connectivity index is 1.11. The van der Waals surface area contributed by atoms with Crippen molar-refractivity contribution in [1.82, 2.24) is 0 Å². The normalized spacial score (nSPS) is 11.8. The molecule has 0 N–H and O–H groups in total. The zero-order valence-corrected chi connectivity index (χ0v) is 29.5. The maximum absolute atomic E-state index is 6.32. The van der Waals surface area contributed by atoms with E-state index in [4.69, 9.17) is 4.42 Å². The number of para-hydroxylation sites is 1. The van der Waals surface area contributed by atoms with Crippen molar-refractivity contribution in [2.24, 2.45) is 0 Å². The fraction of sp³-hybridized carbons (Fsp3) is 0. The molecule has 0 aliphatic heterocycles. The van der Waals surface area contributed by atoms with Crippen LogP contribution in [-0.4, -0.2) is 0 Å². The highest BCUT2D eigenvalue weighted by Crippen LogP contribution is 2.48. The molecule has 0 spiro atoms. The van der Waals surface area contributed by atoms with Crippen LogP contribution in [0.15, 0.2) is 192 Å². The third-order valence-electron chi connectivity index (χ3n) is 10.7. The molecule has 0 fully saturated rings. The largest absolute Gasteiger partial charge is 0.456 e. The molecule has 2 nitrogen and oxygen atoms in total. The Hall–Kier alpha value is -6.68. The molecule has 9 aromatic carbocycles. The quantitative estimate of drug-likeness (QED) is 0.178.